The van der Waals surface area contributed by atoms with Gasteiger partial charge >= 0.3 is 12.0 Å². The van der Waals surface area contributed by atoms with Crippen molar-refractivity contribution >= 4 is 12.0 Å². The number of amides is 2. The molecule has 1 aromatic rings. The number of carbonyl (C=O) groups excluding carboxylic acids is 1. The molecule has 0 aliphatic rings. The second kappa shape index (κ2) is 8.14. The number of carboxylic acids is 1. The van der Waals surface area contributed by atoms with Crippen LogP contribution in [0.1, 0.15) is 37.8 Å². The first-order chi connectivity index (χ1) is 9.52. The summed E-state index contributed by atoms with van der Waals surface area (Å²) in [6, 6.07) is 4.85. The number of carboxylic acid groups (broad SMARTS) is 1. The number of urea groups is 1. The summed E-state index contributed by atoms with van der Waals surface area (Å²) >= 11 is 0. The Hall–Kier alpha value is -2.11. The van der Waals surface area contributed by atoms with E-state index < -0.39 is 12.0 Å². The van der Waals surface area contributed by atoms with Crippen LogP contribution in [0.2, 0.25) is 0 Å². The van der Waals surface area contributed by atoms with Gasteiger partial charge in [-0.05, 0) is 30.5 Å². The first-order valence-electron chi connectivity index (χ1n) is 6.54. The number of carbonyl (C=O) groups is 2. The minimum absolute atomic E-state index is 0.0733. The number of nitrogens with one attached hydrogen (secondary N) is 2. The molecule has 0 radical (unpaired) electrons. The number of hydrogen-bond donors (Lipinski definition) is 3. The van der Waals surface area contributed by atoms with E-state index in [1.807, 2.05) is 6.92 Å². The highest BCUT2D eigenvalue weighted by molar-refractivity contribution is 5.74. The van der Waals surface area contributed by atoms with Crippen LogP contribution in [0, 0.1) is 5.82 Å². The van der Waals surface area contributed by atoms with E-state index >= 15 is 0 Å². The summed E-state index contributed by atoms with van der Waals surface area (Å²) in [4.78, 5) is 22.3. The smallest absolute Gasteiger partial charge is 0.315 e. The Kier molecular flexibility index (Phi) is 6.49. The van der Waals surface area contributed by atoms with E-state index in [-0.39, 0.29) is 24.7 Å². The Labute approximate surface area is 117 Å². The van der Waals surface area contributed by atoms with Gasteiger partial charge in [-0.2, -0.15) is 0 Å². The predicted molar refractivity (Wildman–Crippen MR) is 72.8 cm³/mol. The van der Waals surface area contributed by atoms with Crippen molar-refractivity contribution in [2.24, 2.45) is 0 Å². The summed E-state index contributed by atoms with van der Waals surface area (Å²) in [5, 5.41) is 14.1. The molecule has 0 saturated heterocycles. The summed E-state index contributed by atoms with van der Waals surface area (Å²) in [5.41, 5.74) is 0.680. The fraction of sp³-hybridized carbons (Fsp3) is 0.429. The van der Waals surface area contributed by atoms with Gasteiger partial charge in [-0.1, -0.05) is 19.1 Å². The van der Waals surface area contributed by atoms with Gasteiger partial charge in [0.05, 0.1) is 6.04 Å². The van der Waals surface area contributed by atoms with E-state index in [2.05, 4.69) is 10.6 Å². The summed E-state index contributed by atoms with van der Waals surface area (Å²) in [6.45, 7) is 2.48. The van der Waals surface area contributed by atoms with Gasteiger partial charge in [0.15, 0.2) is 0 Å². The van der Waals surface area contributed by atoms with Crippen molar-refractivity contribution in [3.8, 4) is 0 Å². The van der Waals surface area contributed by atoms with E-state index in [1.54, 1.807) is 12.1 Å². The molecule has 110 valence electrons. The average Bonchev–Trinajstić information content (AvgIpc) is 2.42. The van der Waals surface area contributed by atoms with Crippen LogP contribution in [0.15, 0.2) is 24.3 Å². The zero-order valence-corrected chi connectivity index (χ0v) is 11.4. The second-order valence-corrected chi connectivity index (χ2v) is 4.44. The lowest BCUT2D eigenvalue weighted by Crippen LogP contribution is -2.38. The van der Waals surface area contributed by atoms with Gasteiger partial charge in [-0.15, -0.1) is 0 Å². The molecular weight excluding hydrogens is 263 g/mol. The molecule has 6 heteroatoms. The molecule has 1 atom stereocenters. The summed E-state index contributed by atoms with van der Waals surface area (Å²) < 4.78 is 12.9. The third kappa shape index (κ3) is 5.69. The van der Waals surface area contributed by atoms with Gasteiger partial charge in [-0.25, -0.2) is 9.18 Å². The lowest BCUT2D eigenvalue weighted by atomic mass is 10.0. The Balaban J connectivity index is 2.71. The molecule has 0 aromatic heterocycles. The molecule has 1 rings (SSSR count). The Morgan fingerprint density at radius 3 is 2.50 bits per heavy atom. The fourth-order valence-corrected chi connectivity index (χ4v) is 1.73. The highest BCUT2D eigenvalue weighted by atomic mass is 19.1. The molecule has 0 aliphatic heterocycles. The van der Waals surface area contributed by atoms with Crippen molar-refractivity contribution in [3.63, 3.8) is 0 Å². The van der Waals surface area contributed by atoms with Crippen molar-refractivity contribution in [1.29, 1.82) is 0 Å². The van der Waals surface area contributed by atoms with Crippen molar-refractivity contribution in [1.82, 2.24) is 10.6 Å². The monoisotopic (exact) mass is 282 g/mol. The SMILES string of the molecule is CCCNC(=O)NC(CCC(=O)O)c1ccc(F)cc1. The van der Waals surface area contributed by atoms with Crippen LogP contribution in [0.3, 0.4) is 0 Å². The van der Waals surface area contributed by atoms with Gasteiger partial charge in [-0.3, -0.25) is 4.79 Å². The maximum absolute atomic E-state index is 12.9. The lowest BCUT2D eigenvalue weighted by molar-refractivity contribution is -0.137. The molecule has 20 heavy (non-hydrogen) atoms. The van der Waals surface area contributed by atoms with E-state index in [0.717, 1.165) is 6.42 Å². The number of aliphatic carboxylic acids is 1. The maximum atomic E-state index is 12.9. The molecule has 1 aromatic carbocycles. The van der Waals surface area contributed by atoms with Crippen molar-refractivity contribution in [2.75, 3.05) is 6.54 Å². The molecule has 0 heterocycles. The van der Waals surface area contributed by atoms with Crippen LogP contribution in [-0.2, 0) is 4.79 Å². The molecule has 0 spiro atoms. The molecule has 1 unspecified atom stereocenters. The predicted octanol–water partition coefficient (Wildman–Crippen LogP) is 2.44. The molecule has 3 N–H and O–H groups in total. The highest BCUT2D eigenvalue weighted by Crippen LogP contribution is 2.19. The first-order valence-corrected chi connectivity index (χ1v) is 6.54. The Morgan fingerprint density at radius 2 is 1.95 bits per heavy atom. The molecular formula is C14H19FN2O3. The molecule has 2 amide bonds. The number of halogens is 1. The van der Waals surface area contributed by atoms with Crippen LogP contribution in [0.5, 0.6) is 0 Å². The average molecular weight is 282 g/mol. The normalized spacial score (nSPS) is 11.7. The van der Waals surface area contributed by atoms with Crippen molar-refractivity contribution in [3.05, 3.63) is 35.6 Å². The van der Waals surface area contributed by atoms with E-state index in [4.69, 9.17) is 5.11 Å². The van der Waals surface area contributed by atoms with Crippen molar-refractivity contribution < 1.29 is 19.1 Å². The van der Waals surface area contributed by atoms with Gasteiger partial charge in [0.1, 0.15) is 5.82 Å². The van der Waals surface area contributed by atoms with Gasteiger partial charge in [0.2, 0.25) is 0 Å². The zero-order chi connectivity index (χ0) is 15.0. The second-order valence-electron chi connectivity index (χ2n) is 4.44. The summed E-state index contributed by atoms with van der Waals surface area (Å²) in [7, 11) is 0. The van der Waals surface area contributed by atoms with Gasteiger partial charge < -0.3 is 15.7 Å². The lowest BCUT2D eigenvalue weighted by Gasteiger charge is -2.19. The van der Waals surface area contributed by atoms with Gasteiger partial charge in [0.25, 0.3) is 0 Å². The van der Waals surface area contributed by atoms with Crippen LogP contribution < -0.4 is 10.6 Å². The molecule has 0 bridgehead atoms. The molecule has 5 nitrogen and oxygen atoms in total. The highest BCUT2D eigenvalue weighted by Gasteiger charge is 2.15. The van der Waals surface area contributed by atoms with Crippen LogP contribution >= 0.6 is 0 Å². The van der Waals surface area contributed by atoms with Crippen LogP contribution in [0.4, 0.5) is 9.18 Å². The van der Waals surface area contributed by atoms with Crippen LogP contribution in [0.25, 0.3) is 0 Å². The molecule has 0 aliphatic carbocycles. The number of hydrogen-bond acceptors (Lipinski definition) is 2. The number of benzene rings is 1. The first kappa shape index (κ1) is 15.9. The largest absolute Gasteiger partial charge is 0.481 e. The fourth-order valence-electron chi connectivity index (χ4n) is 1.73. The minimum Gasteiger partial charge on any atom is -0.481 e. The topological polar surface area (TPSA) is 78.4 Å². The quantitative estimate of drug-likeness (QED) is 0.718. The van der Waals surface area contributed by atoms with Crippen molar-refractivity contribution in [2.45, 2.75) is 32.2 Å². The standard InChI is InChI=1S/C14H19FN2O3/c1-2-9-16-14(20)17-12(7-8-13(18)19)10-3-5-11(15)6-4-10/h3-6,12H,2,7-9H2,1H3,(H,18,19)(H2,16,17,20). The minimum atomic E-state index is -0.937. The third-order valence-electron chi connectivity index (χ3n) is 2.76. The Bertz CT molecular complexity index is 448. The van der Waals surface area contributed by atoms with E-state index in [1.165, 1.54) is 12.1 Å². The molecule has 0 saturated carbocycles. The zero-order valence-electron chi connectivity index (χ0n) is 11.4. The Morgan fingerprint density at radius 1 is 1.30 bits per heavy atom. The number of rotatable bonds is 7. The molecule has 0 fully saturated rings. The summed E-state index contributed by atoms with van der Waals surface area (Å²) in [5.74, 6) is -1.31. The van der Waals surface area contributed by atoms with Crippen LogP contribution in [-0.4, -0.2) is 23.7 Å². The maximum Gasteiger partial charge on any atom is 0.315 e. The summed E-state index contributed by atoms with van der Waals surface area (Å²) in [6.07, 6.45) is 0.986. The van der Waals surface area contributed by atoms with Gasteiger partial charge in [0, 0.05) is 13.0 Å². The van der Waals surface area contributed by atoms with E-state index in [0.29, 0.717) is 12.1 Å². The van der Waals surface area contributed by atoms with E-state index in [9.17, 15) is 14.0 Å². The third-order valence-corrected chi connectivity index (χ3v) is 2.76.